The zero-order chi connectivity index (χ0) is 12.4. The highest BCUT2D eigenvalue weighted by atomic mass is 35.5. The van der Waals surface area contributed by atoms with Crippen LogP contribution in [0.1, 0.15) is 30.7 Å². The lowest BCUT2D eigenvalue weighted by atomic mass is 9.80. The van der Waals surface area contributed by atoms with E-state index in [1.54, 1.807) is 13.2 Å². The number of benzene rings is 1. The third-order valence-electron chi connectivity index (χ3n) is 3.29. The standard InChI is InChI=1S/C13H16ClNO2/c1-17-12-7-8(5-6-10(12)14)9-3-2-4-11(15)13(9)16/h5-7,9,11H,2-4,15H2,1H3. The van der Waals surface area contributed by atoms with Gasteiger partial charge in [0, 0.05) is 5.92 Å². The Morgan fingerprint density at radius 2 is 2.18 bits per heavy atom. The molecule has 0 aromatic heterocycles. The summed E-state index contributed by atoms with van der Waals surface area (Å²) < 4.78 is 5.16. The van der Waals surface area contributed by atoms with E-state index >= 15 is 0 Å². The van der Waals surface area contributed by atoms with Crippen LogP contribution >= 0.6 is 11.6 Å². The summed E-state index contributed by atoms with van der Waals surface area (Å²) in [6.07, 6.45) is 2.64. The third-order valence-corrected chi connectivity index (χ3v) is 3.61. The highest BCUT2D eigenvalue weighted by Gasteiger charge is 2.30. The Kier molecular flexibility index (Phi) is 3.69. The Morgan fingerprint density at radius 1 is 1.41 bits per heavy atom. The normalized spacial score (nSPS) is 24.8. The molecular formula is C13H16ClNO2. The number of carbonyl (C=O) groups is 1. The molecule has 0 amide bonds. The minimum atomic E-state index is -0.324. The van der Waals surface area contributed by atoms with Crippen LogP contribution in [0.15, 0.2) is 18.2 Å². The highest BCUT2D eigenvalue weighted by molar-refractivity contribution is 6.32. The van der Waals surface area contributed by atoms with Gasteiger partial charge in [-0.05, 0) is 30.5 Å². The second-order valence-corrected chi connectivity index (χ2v) is 4.79. The van der Waals surface area contributed by atoms with Crippen LogP contribution in [0.4, 0.5) is 0 Å². The fourth-order valence-corrected chi connectivity index (χ4v) is 2.50. The molecule has 1 aromatic carbocycles. The van der Waals surface area contributed by atoms with E-state index in [1.165, 1.54) is 0 Å². The number of halogens is 1. The topological polar surface area (TPSA) is 52.3 Å². The third kappa shape index (κ3) is 2.45. The van der Waals surface area contributed by atoms with Gasteiger partial charge in [0.05, 0.1) is 18.2 Å². The molecule has 1 aliphatic carbocycles. The lowest BCUT2D eigenvalue weighted by molar-refractivity contribution is -0.123. The molecule has 0 radical (unpaired) electrons. The fraction of sp³-hybridized carbons (Fsp3) is 0.462. The van der Waals surface area contributed by atoms with Crippen molar-refractivity contribution in [3.8, 4) is 5.75 Å². The van der Waals surface area contributed by atoms with E-state index in [4.69, 9.17) is 22.1 Å². The van der Waals surface area contributed by atoms with Crippen LogP contribution in [-0.2, 0) is 4.79 Å². The van der Waals surface area contributed by atoms with E-state index < -0.39 is 0 Å². The Bertz CT molecular complexity index is 433. The van der Waals surface area contributed by atoms with E-state index in [1.807, 2.05) is 12.1 Å². The minimum Gasteiger partial charge on any atom is -0.495 e. The SMILES string of the molecule is COc1cc(C2CCCC(N)C2=O)ccc1Cl. The van der Waals surface area contributed by atoms with Gasteiger partial charge in [0.25, 0.3) is 0 Å². The molecule has 0 saturated heterocycles. The van der Waals surface area contributed by atoms with Gasteiger partial charge in [-0.25, -0.2) is 0 Å². The number of ether oxygens (including phenoxy) is 1. The Labute approximate surface area is 106 Å². The molecule has 2 atom stereocenters. The molecule has 17 heavy (non-hydrogen) atoms. The first-order chi connectivity index (χ1) is 8.13. The van der Waals surface area contributed by atoms with Gasteiger partial charge >= 0.3 is 0 Å². The van der Waals surface area contributed by atoms with Gasteiger partial charge in [0.15, 0.2) is 5.78 Å². The Morgan fingerprint density at radius 3 is 2.88 bits per heavy atom. The van der Waals surface area contributed by atoms with E-state index in [9.17, 15) is 4.79 Å². The summed E-state index contributed by atoms with van der Waals surface area (Å²) in [5.74, 6) is 0.627. The highest BCUT2D eigenvalue weighted by Crippen LogP contribution is 2.34. The smallest absolute Gasteiger partial charge is 0.156 e. The number of hydrogen-bond acceptors (Lipinski definition) is 3. The lowest BCUT2D eigenvalue weighted by Crippen LogP contribution is -2.38. The summed E-state index contributed by atoms with van der Waals surface area (Å²) in [6, 6.07) is 5.16. The summed E-state index contributed by atoms with van der Waals surface area (Å²) in [6.45, 7) is 0. The van der Waals surface area contributed by atoms with E-state index in [2.05, 4.69) is 0 Å². The summed E-state index contributed by atoms with van der Waals surface area (Å²) in [5, 5.41) is 0.559. The Hall–Kier alpha value is -1.06. The second-order valence-electron chi connectivity index (χ2n) is 4.39. The number of rotatable bonds is 2. The van der Waals surface area contributed by atoms with Gasteiger partial charge in [-0.1, -0.05) is 24.1 Å². The maximum Gasteiger partial charge on any atom is 0.156 e. The monoisotopic (exact) mass is 253 g/mol. The first kappa shape index (κ1) is 12.4. The van der Waals surface area contributed by atoms with Crippen molar-refractivity contribution in [2.24, 2.45) is 5.73 Å². The molecule has 1 fully saturated rings. The number of ketones is 1. The van der Waals surface area contributed by atoms with Crippen molar-refractivity contribution in [1.82, 2.24) is 0 Å². The number of nitrogens with two attached hydrogens (primary N) is 1. The maximum atomic E-state index is 12.0. The average molecular weight is 254 g/mol. The van der Waals surface area contributed by atoms with Crippen LogP contribution in [0.25, 0.3) is 0 Å². The van der Waals surface area contributed by atoms with Gasteiger partial charge in [-0.15, -0.1) is 0 Å². The molecule has 2 N–H and O–H groups in total. The summed E-state index contributed by atoms with van der Waals surface area (Å²) in [4.78, 5) is 12.0. The molecule has 0 aliphatic heterocycles. The number of Topliss-reactive ketones (excluding diaryl/α,β-unsaturated/α-hetero) is 1. The molecule has 1 saturated carbocycles. The number of methoxy groups -OCH3 is 1. The molecule has 1 aliphatic rings. The lowest BCUT2D eigenvalue weighted by Gasteiger charge is -2.25. The molecule has 3 nitrogen and oxygen atoms in total. The minimum absolute atomic E-state index is 0.107. The van der Waals surface area contributed by atoms with Crippen LogP contribution in [0.2, 0.25) is 5.02 Å². The van der Waals surface area contributed by atoms with Crippen LogP contribution in [-0.4, -0.2) is 18.9 Å². The molecular weight excluding hydrogens is 238 g/mol. The predicted octanol–water partition coefficient (Wildman–Crippen LogP) is 2.51. The average Bonchev–Trinajstić information content (AvgIpc) is 2.34. The first-order valence-electron chi connectivity index (χ1n) is 5.76. The maximum absolute atomic E-state index is 12.0. The van der Waals surface area contributed by atoms with Gasteiger partial charge < -0.3 is 10.5 Å². The van der Waals surface area contributed by atoms with Crippen LogP contribution < -0.4 is 10.5 Å². The van der Waals surface area contributed by atoms with Crippen molar-refractivity contribution in [3.63, 3.8) is 0 Å². The number of hydrogen-bond donors (Lipinski definition) is 1. The van der Waals surface area contributed by atoms with Crippen LogP contribution in [0.3, 0.4) is 0 Å². The molecule has 2 rings (SSSR count). The predicted molar refractivity (Wildman–Crippen MR) is 67.6 cm³/mol. The molecule has 1 aromatic rings. The van der Waals surface area contributed by atoms with Gasteiger partial charge in [-0.2, -0.15) is 0 Å². The van der Waals surface area contributed by atoms with Gasteiger partial charge in [-0.3, -0.25) is 4.79 Å². The zero-order valence-electron chi connectivity index (χ0n) is 9.78. The van der Waals surface area contributed by atoms with Crippen molar-refractivity contribution in [3.05, 3.63) is 28.8 Å². The van der Waals surface area contributed by atoms with E-state index in [0.717, 1.165) is 24.8 Å². The van der Waals surface area contributed by atoms with Crippen molar-refractivity contribution in [2.75, 3.05) is 7.11 Å². The van der Waals surface area contributed by atoms with Gasteiger partial charge in [0.1, 0.15) is 5.75 Å². The van der Waals surface area contributed by atoms with Crippen molar-refractivity contribution in [2.45, 2.75) is 31.2 Å². The van der Waals surface area contributed by atoms with E-state index in [0.29, 0.717) is 10.8 Å². The Balaban J connectivity index is 2.30. The van der Waals surface area contributed by atoms with Crippen molar-refractivity contribution in [1.29, 1.82) is 0 Å². The molecule has 0 heterocycles. The summed E-state index contributed by atoms with van der Waals surface area (Å²) >= 11 is 5.97. The number of carbonyl (C=O) groups excluding carboxylic acids is 1. The van der Waals surface area contributed by atoms with Crippen molar-refractivity contribution < 1.29 is 9.53 Å². The summed E-state index contributed by atoms with van der Waals surface area (Å²) in [5.41, 5.74) is 6.75. The molecule has 2 unspecified atom stereocenters. The quantitative estimate of drug-likeness (QED) is 0.881. The fourth-order valence-electron chi connectivity index (χ4n) is 2.31. The van der Waals surface area contributed by atoms with Crippen LogP contribution in [0, 0.1) is 0 Å². The summed E-state index contributed by atoms with van der Waals surface area (Å²) in [7, 11) is 1.57. The van der Waals surface area contributed by atoms with E-state index in [-0.39, 0.29) is 17.7 Å². The molecule has 0 spiro atoms. The molecule has 4 heteroatoms. The van der Waals surface area contributed by atoms with Crippen molar-refractivity contribution >= 4 is 17.4 Å². The van der Waals surface area contributed by atoms with Crippen LogP contribution in [0.5, 0.6) is 5.75 Å². The largest absolute Gasteiger partial charge is 0.495 e. The molecule has 0 bridgehead atoms. The second kappa shape index (κ2) is 5.07. The zero-order valence-corrected chi connectivity index (χ0v) is 10.5. The van der Waals surface area contributed by atoms with Gasteiger partial charge in [0.2, 0.25) is 0 Å². The first-order valence-corrected chi connectivity index (χ1v) is 6.14. The molecule has 92 valence electrons.